The summed E-state index contributed by atoms with van der Waals surface area (Å²) in [6.45, 7) is 13.8. The summed E-state index contributed by atoms with van der Waals surface area (Å²) < 4.78 is 47.0. The van der Waals surface area contributed by atoms with E-state index in [2.05, 4.69) is 22.1 Å². The van der Waals surface area contributed by atoms with Gasteiger partial charge in [-0.25, -0.2) is 4.98 Å². The van der Waals surface area contributed by atoms with Crippen LogP contribution in [0.3, 0.4) is 0 Å². The predicted molar refractivity (Wildman–Crippen MR) is 158 cm³/mol. The normalized spacial score (nSPS) is 19.4. The number of anilines is 2. The summed E-state index contributed by atoms with van der Waals surface area (Å²) in [6, 6.07) is 8.20. The van der Waals surface area contributed by atoms with Gasteiger partial charge in [0.1, 0.15) is 24.0 Å². The van der Waals surface area contributed by atoms with Crippen molar-refractivity contribution in [3.05, 3.63) is 47.3 Å². The van der Waals surface area contributed by atoms with Crippen molar-refractivity contribution in [2.24, 2.45) is 0 Å². The lowest BCUT2D eigenvalue weighted by Crippen LogP contribution is -2.50. The highest BCUT2D eigenvalue weighted by Gasteiger charge is 2.51. The number of benzene rings is 1. The number of carbonyl (C=O) groups excluding carboxylic acids is 1. The average Bonchev–Trinajstić information content (AvgIpc) is 3.06. The first-order valence-corrected chi connectivity index (χ1v) is 13.5. The van der Waals surface area contributed by atoms with E-state index in [1.165, 1.54) is 6.07 Å². The summed E-state index contributed by atoms with van der Waals surface area (Å²) in [5, 5.41) is 12.5. The van der Waals surface area contributed by atoms with E-state index in [1.807, 2.05) is 26.0 Å². The Labute approximate surface area is 249 Å². The number of hydrogen-bond donors (Lipinski definition) is 1. The average molecular weight is 611 g/mol. The number of rotatable bonds is 7. The van der Waals surface area contributed by atoms with E-state index in [1.54, 1.807) is 24.8 Å². The van der Waals surface area contributed by atoms with E-state index < -0.39 is 28.9 Å². The maximum atomic E-state index is 13.6. The van der Waals surface area contributed by atoms with Gasteiger partial charge in [-0.1, -0.05) is 13.8 Å². The fourth-order valence-corrected chi connectivity index (χ4v) is 5.62. The van der Waals surface area contributed by atoms with Crippen molar-refractivity contribution in [3.63, 3.8) is 0 Å². The molecule has 8 nitrogen and oxygen atoms in total. The second-order valence-corrected chi connectivity index (χ2v) is 11.3. The van der Waals surface area contributed by atoms with E-state index in [0.29, 0.717) is 18.3 Å². The zero-order valence-electron chi connectivity index (χ0n) is 23.6. The molecule has 41 heavy (non-hydrogen) atoms. The standard InChI is InChI=1S/C28H33F3N6O2S.ClH/c1-17(2)21-12-19(6-7-24(21)39-11-10-35-9-8-33-18(3)16-35)37-26(40)36(25(38)27(37,4)5)20-13-22(28(29,30)31)23(14-32)34-15-20;/h6-7,12-13,15,17-18,33H,8-11,16H2,1-5H3;1H. The lowest BCUT2D eigenvalue weighted by atomic mass is 9.98. The molecule has 1 aromatic heterocycles. The Hall–Kier alpha value is -2.98. The number of aromatic nitrogens is 1. The molecule has 0 radical (unpaired) electrons. The molecule has 2 aliphatic heterocycles. The van der Waals surface area contributed by atoms with Crippen molar-refractivity contribution in [2.75, 3.05) is 42.6 Å². The molecule has 1 N–H and O–H groups in total. The molecular formula is C28H34ClF3N6O2S. The van der Waals surface area contributed by atoms with Gasteiger partial charge < -0.3 is 15.0 Å². The molecule has 222 valence electrons. The molecule has 13 heteroatoms. The molecule has 0 bridgehead atoms. The molecular weight excluding hydrogens is 577 g/mol. The fraction of sp³-hybridized carbons (Fsp3) is 0.500. The Bertz CT molecular complexity index is 1350. The van der Waals surface area contributed by atoms with Crippen LogP contribution in [-0.2, 0) is 11.0 Å². The second kappa shape index (κ2) is 12.5. The number of alkyl halides is 3. The molecule has 1 unspecified atom stereocenters. The minimum Gasteiger partial charge on any atom is -0.492 e. The third-order valence-electron chi connectivity index (χ3n) is 7.20. The van der Waals surface area contributed by atoms with Gasteiger partial charge in [-0.15, -0.1) is 12.4 Å². The van der Waals surface area contributed by atoms with E-state index in [-0.39, 0.29) is 29.1 Å². The molecule has 1 atom stereocenters. The van der Waals surface area contributed by atoms with E-state index >= 15 is 0 Å². The van der Waals surface area contributed by atoms with Crippen LogP contribution in [-0.4, -0.2) is 65.3 Å². The third-order valence-corrected chi connectivity index (χ3v) is 7.57. The largest absolute Gasteiger partial charge is 0.492 e. The third kappa shape index (κ3) is 6.59. The molecule has 2 saturated heterocycles. The molecule has 0 spiro atoms. The molecule has 0 aliphatic carbocycles. The zero-order chi connectivity index (χ0) is 29.4. The van der Waals surface area contributed by atoms with Crippen LogP contribution < -0.4 is 19.9 Å². The molecule has 4 rings (SSSR count). The molecule has 2 fully saturated rings. The number of ether oxygens (including phenoxy) is 1. The Balaban J connectivity index is 0.00000462. The van der Waals surface area contributed by atoms with Gasteiger partial charge in [0.2, 0.25) is 0 Å². The molecule has 1 amide bonds. The number of nitrogens with one attached hydrogen (secondary N) is 1. The van der Waals surface area contributed by atoms with Gasteiger partial charge in [0.25, 0.3) is 5.91 Å². The minimum atomic E-state index is -4.82. The Morgan fingerprint density at radius 2 is 1.98 bits per heavy atom. The quantitative estimate of drug-likeness (QED) is 0.433. The fourth-order valence-electron chi connectivity index (χ4n) is 5.09. The van der Waals surface area contributed by atoms with Gasteiger partial charge in [-0.3, -0.25) is 14.6 Å². The van der Waals surface area contributed by atoms with Crippen LogP contribution in [0.25, 0.3) is 0 Å². The van der Waals surface area contributed by atoms with Crippen molar-refractivity contribution >= 4 is 47.0 Å². The molecule has 2 aliphatic rings. The van der Waals surface area contributed by atoms with Crippen molar-refractivity contribution < 1.29 is 22.7 Å². The van der Waals surface area contributed by atoms with Crippen molar-refractivity contribution in [1.82, 2.24) is 15.2 Å². The summed E-state index contributed by atoms with van der Waals surface area (Å²) in [4.78, 5) is 22.2. The monoisotopic (exact) mass is 610 g/mol. The number of carbonyl (C=O) groups is 1. The highest BCUT2D eigenvalue weighted by molar-refractivity contribution is 7.81. The number of thiocarbonyl (C=S) groups is 1. The highest BCUT2D eigenvalue weighted by Crippen LogP contribution is 2.41. The van der Waals surface area contributed by atoms with Gasteiger partial charge in [0, 0.05) is 37.9 Å². The number of pyridine rings is 1. The van der Waals surface area contributed by atoms with E-state index in [0.717, 1.165) is 54.7 Å². The van der Waals surface area contributed by atoms with Gasteiger partial charge >= 0.3 is 6.18 Å². The summed E-state index contributed by atoms with van der Waals surface area (Å²) in [5.41, 5.74) is -1.79. The Morgan fingerprint density at radius 1 is 1.27 bits per heavy atom. The van der Waals surface area contributed by atoms with Crippen LogP contribution in [0.2, 0.25) is 0 Å². The van der Waals surface area contributed by atoms with E-state index in [4.69, 9.17) is 22.2 Å². The van der Waals surface area contributed by atoms with Crippen molar-refractivity contribution in [3.8, 4) is 11.8 Å². The number of amides is 1. The maximum absolute atomic E-state index is 13.6. The van der Waals surface area contributed by atoms with Gasteiger partial charge in [0.05, 0.1) is 17.4 Å². The maximum Gasteiger partial charge on any atom is 0.419 e. The van der Waals surface area contributed by atoms with Gasteiger partial charge in [-0.2, -0.15) is 18.4 Å². The summed E-state index contributed by atoms with van der Waals surface area (Å²) in [6.07, 6.45) is -3.76. The van der Waals surface area contributed by atoms with Crippen LogP contribution in [0, 0.1) is 11.3 Å². The smallest absolute Gasteiger partial charge is 0.419 e. The van der Waals surface area contributed by atoms with Crippen molar-refractivity contribution in [2.45, 2.75) is 58.3 Å². The number of hydrogen-bond acceptors (Lipinski definition) is 7. The SMILES string of the molecule is CC1CN(CCOc2ccc(N3C(=S)N(c4cnc(C#N)c(C(F)(F)F)c4)C(=O)C3(C)C)cc2C(C)C)CCN1.Cl. The number of nitriles is 1. The molecule has 2 aromatic rings. The van der Waals surface area contributed by atoms with Crippen molar-refractivity contribution in [1.29, 1.82) is 5.26 Å². The zero-order valence-corrected chi connectivity index (χ0v) is 25.2. The lowest BCUT2D eigenvalue weighted by Gasteiger charge is -2.32. The number of halogens is 4. The minimum absolute atomic E-state index is 0. The molecule has 3 heterocycles. The first-order valence-electron chi connectivity index (χ1n) is 13.1. The highest BCUT2D eigenvalue weighted by atomic mass is 35.5. The summed E-state index contributed by atoms with van der Waals surface area (Å²) in [7, 11) is 0. The first kappa shape index (κ1) is 32.5. The lowest BCUT2D eigenvalue weighted by molar-refractivity contribution is -0.138. The van der Waals surface area contributed by atoms with Crippen LogP contribution in [0.4, 0.5) is 24.5 Å². The second-order valence-electron chi connectivity index (χ2n) is 10.9. The van der Waals surface area contributed by atoms with Crippen LogP contribution in [0.1, 0.15) is 57.4 Å². The number of nitrogens with zero attached hydrogens (tertiary/aromatic N) is 5. The molecule has 1 aromatic carbocycles. The molecule has 0 saturated carbocycles. The number of piperazine rings is 1. The Kier molecular flexibility index (Phi) is 9.91. The Morgan fingerprint density at radius 3 is 2.59 bits per heavy atom. The van der Waals surface area contributed by atoms with Crippen LogP contribution >= 0.6 is 24.6 Å². The van der Waals surface area contributed by atoms with Gasteiger partial charge in [0.15, 0.2) is 10.8 Å². The predicted octanol–water partition coefficient (Wildman–Crippen LogP) is 5.11. The topological polar surface area (TPSA) is 84.7 Å². The summed E-state index contributed by atoms with van der Waals surface area (Å²) in [5.74, 6) is 0.324. The van der Waals surface area contributed by atoms with Crippen LogP contribution in [0.5, 0.6) is 5.75 Å². The van der Waals surface area contributed by atoms with E-state index in [9.17, 15) is 18.0 Å². The van der Waals surface area contributed by atoms with Gasteiger partial charge in [-0.05, 0) is 68.7 Å². The summed E-state index contributed by atoms with van der Waals surface area (Å²) >= 11 is 5.66. The first-order chi connectivity index (χ1) is 18.8. The van der Waals surface area contributed by atoms with Crippen LogP contribution in [0.15, 0.2) is 30.5 Å².